The van der Waals surface area contributed by atoms with Crippen molar-refractivity contribution in [3.05, 3.63) is 0 Å². The van der Waals surface area contributed by atoms with Crippen LogP contribution in [0.15, 0.2) is 0 Å². The largest absolute Gasteiger partial charge is 0.412 e. The molecule has 0 heterocycles. The Labute approximate surface area is 122 Å². The third kappa shape index (κ3) is 7.07. The molecule has 4 heteroatoms. The van der Waals surface area contributed by atoms with E-state index >= 15 is 0 Å². The summed E-state index contributed by atoms with van der Waals surface area (Å²) in [6.07, 6.45) is 4.43. The smallest absolute Gasteiger partial charge is 0.184 e. The molecule has 0 N–H and O–H groups in total. The molecule has 2 atom stereocenters. The molecule has 1 aliphatic carbocycles. The second-order valence-electron chi connectivity index (χ2n) is 8.50. The lowest BCUT2D eigenvalue weighted by molar-refractivity contribution is 0.0679. The van der Waals surface area contributed by atoms with E-state index in [9.17, 15) is 0 Å². The van der Waals surface area contributed by atoms with Gasteiger partial charge in [-0.25, -0.2) is 0 Å². The normalized spacial score (nSPS) is 29.2. The highest BCUT2D eigenvalue weighted by Gasteiger charge is 2.40. The molecule has 0 aromatic carbocycles. The van der Waals surface area contributed by atoms with Crippen molar-refractivity contribution in [2.75, 3.05) is 0 Å². The minimum Gasteiger partial charge on any atom is -0.412 e. The van der Waals surface area contributed by atoms with Gasteiger partial charge in [0, 0.05) is 0 Å². The van der Waals surface area contributed by atoms with Crippen LogP contribution in [-0.4, -0.2) is 28.8 Å². The molecule has 1 fully saturated rings. The van der Waals surface area contributed by atoms with Crippen LogP contribution in [0.4, 0.5) is 0 Å². The summed E-state index contributed by atoms with van der Waals surface area (Å²) in [4.78, 5) is 0. The van der Waals surface area contributed by atoms with Crippen molar-refractivity contribution in [1.29, 1.82) is 0 Å². The molecule has 1 aliphatic rings. The van der Waals surface area contributed by atoms with Gasteiger partial charge in [-0.05, 0) is 70.4 Å². The molecule has 0 aromatic rings. The molecule has 114 valence electrons. The van der Waals surface area contributed by atoms with Gasteiger partial charge in [-0.2, -0.15) is 0 Å². The molecule has 0 bridgehead atoms. The van der Waals surface area contributed by atoms with Crippen LogP contribution < -0.4 is 0 Å². The van der Waals surface area contributed by atoms with Crippen molar-refractivity contribution < 1.29 is 8.85 Å². The molecule has 2 unspecified atom stereocenters. The maximum Gasteiger partial charge on any atom is 0.184 e. The quantitative estimate of drug-likeness (QED) is 0.651. The van der Waals surface area contributed by atoms with Crippen molar-refractivity contribution in [2.24, 2.45) is 11.8 Å². The summed E-state index contributed by atoms with van der Waals surface area (Å²) >= 11 is 0. The molecule has 2 nitrogen and oxygen atoms in total. The van der Waals surface area contributed by atoms with Gasteiger partial charge in [0.1, 0.15) is 0 Å². The zero-order valence-electron chi connectivity index (χ0n) is 14.2. The second-order valence-corrected chi connectivity index (χ2v) is 17.4. The molecule has 19 heavy (non-hydrogen) atoms. The summed E-state index contributed by atoms with van der Waals surface area (Å²) in [5.74, 6) is 1.57. The van der Waals surface area contributed by atoms with Gasteiger partial charge in [0.2, 0.25) is 0 Å². The number of rotatable bonds is 6. The highest BCUT2D eigenvalue weighted by molar-refractivity contribution is 6.70. The van der Waals surface area contributed by atoms with Gasteiger partial charge in [0.15, 0.2) is 16.6 Å². The predicted molar refractivity (Wildman–Crippen MR) is 88.6 cm³/mol. The second kappa shape index (κ2) is 6.41. The lowest BCUT2D eigenvalue weighted by atomic mass is 9.96. The molecule has 0 radical (unpaired) electrons. The van der Waals surface area contributed by atoms with Gasteiger partial charge in [-0.15, -0.1) is 0 Å². The molecule has 1 saturated carbocycles. The van der Waals surface area contributed by atoms with Crippen LogP contribution in [0.3, 0.4) is 0 Å². The number of hydrogen-bond acceptors (Lipinski definition) is 2. The monoisotopic (exact) mass is 302 g/mol. The fraction of sp³-hybridized carbons (Fsp3) is 1.00. The average Bonchev–Trinajstić information content (AvgIpc) is 2.39. The first kappa shape index (κ1) is 17.4. The Bertz CT molecular complexity index is 255. The van der Waals surface area contributed by atoms with Crippen molar-refractivity contribution in [1.82, 2.24) is 0 Å². The van der Waals surface area contributed by atoms with E-state index in [-0.39, 0.29) is 0 Å². The molecular formula is C15H34O2Si2. The Morgan fingerprint density at radius 3 is 1.47 bits per heavy atom. The van der Waals surface area contributed by atoms with Crippen molar-refractivity contribution in [3.63, 3.8) is 0 Å². The van der Waals surface area contributed by atoms with E-state index in [1.165, 1.54) is 19.3 Å². The first-order chi connectivity index (χ1) is 8.46. The third-order valence-corrected chi connectivity index (χ3v) is 5.38. The van der Waals surface area contributed by atoms with E-state index in [1.807, 2.05) is 0 Å². The maximum atomic E-state index is 6.41. The van der Waals surface area contributed by atoms with E-state index < -0.39 is 16.6 Å². The van der Waals surface area contributed by atoms with Crippen LogP contribution in [0.2, 0.25) is 39.3 Å². The molecule has 0 amide bonds. The van der Waals surface area contributed by atoms with E-state index in [0.717, 1.165) is 11.8 Å². The van der Waals surface area contributed by atoms with Gasteiger partial charge in [0.05, 0.1) is 12.2 Å². The average molecular weight is 303 g/mol. The van der Waals surface area contributed by atoms with Crippen LogP contribution >= 0.6 is 0 Å². The minimum absolute atomic E-state index is 0.349. The topological polar surface area (TPSA) is 18.5 Å². The fourth-order valence-corrected chi connectivity index (χ4v) is 5.38. The minimum atomic E-state index is -1.47. The van der Waals surface area contributed by atoms with Crippen LogP contribution in [0, 0.1) is 11.8 Å². The lowest BCUT2D eigenvalue weighted by Crippen LogP contribution is -2.41. The Kier molecular flexibility index (Phi) is 5.88. The highest BCUT2D eigenvalue weighted by Crippen LogP contribution is 2.37. The van der Waals surface area contributed by atoms with Crippen LogP contribution in [0.25, 0.3) is 0 Å². The molecule has 0 saturated heterocycles. The van der Waals surface area contributed by atoms with Crippen LogP contribution in [0.1, 0.15) is 33.1 Å². The van der Waals surface area contributed by atoms with Crippen LogP contribution in [-0.2, 0) is 8.85 Å². The Morgan fingerprint density at radius 2 is 1.21 bits per heavy atom. The van der Waals surface area contributed by atoms with Crippen molar-refractivity contribution in [3.8, 4) is 0 Å². The standard InChI is InChI=1S/C15H34O2Si2/c1-12(2)9-13-10-14(16-18(3,4)5)15(11-13)17-19(6,7)8/h12-15H,9-11H2,1-8H3. The van der Waals surface area contributed by atoms with Gasteiger partial charge in [0.25, 0.3) is 0 Å². The molecular weight excluding hydrogens is 268 g/mol. The first-order valence-corrected chi connectivity index (χ1v) is 14.6. The van der Waals surface area contributed by atoms with Crippen LogP contribution in [0.5, 0.6) is 0 Å². The third-order valence-electron chi connectivity index (χ3n) is 3.36. The fourth-order valence-electron chi connectivity index (χ4n) is 3.07. The highest BCUT2D eigenvalue weighted by atomic mass is 28.4. The lowest BCUT2D eigenvalue weighted by Gasteiger charge is -2.31. The Hall–Kier alpha value is 0.354. The van der Waals surface area contributed by atoms with E-state index in [2.05, 4.69) is 53.1 Å². The maximum absolute atomic E-state index is 6.41. The summed E-state index contributed by atoms with van der Waals surface area (Å²) < 4.78 is 12.8. The first-order valence-electron chi connectivity index (χ1n) is 7.82. The van der Waals surface area contributed by atoms with E-state index in [0.29, 0.717) is 12.2 Å². The molecule has 1 rings (SSSR count). The van der Waals surface area contributed by atoms with Gasteiger partial charge >= 0.3 is 0 Å². The zero-order valence-corrected chi connectivity index (χ0v) is 16.2. The molecule has 0 aliphatic heterocycles. The molecule has 0 spiro atoms. The van der Waals surface area contributed by atoms with Crippen molar-refractivity contribution >= 4 is 16.6 Å². The summed E-state index contributed by atoms with van der Waals surface area (Å²) in [5.41, 5.74) is 0. The SMILES string of the molecule is CC(C)CC1CC(O[Si](C)(C)C)C(O[Si](C)(C)C)C1. The van der Waals surface area contributed by atoms with Gasteiger partial charge < -0.3 is 8.85 Å². The zero-order chi connectivity index (χ0) is 14.8. The Morgan fingerprint density at radius 1 is 0.842 bits per heavy atom. The summed E-state index contributed by atoms with van der Waals surface area (Å²) in [6, 6.07) is 0. The summed E-state index contributed by atoms with van der Waals surface area (Å²) in [6.45, 7) is 18.4. The van der Waals surface area contributed by atoms with Gasteiger partial charge in [-0.1, -0.05) is 13.8 Å². The van der Waals surface area contributed by atoms with E-state index in [4.69, 9.17) is 8.85 Å². The molecule has 0 aromatic heterocycles. The summed E-state index contributed by atoms with van der Waals surface area (Å²) in [5, 5.41) is 0. The predicted octanol–water partition coefficient (Wildman–Crippen LogP) is 4.88. The van der Waals surface area contributed by atoms with Crippen molar-refractivity contribution in [2.45, 2.75) is 84.6 Å². The summed E-state index contributed by atoms with van der Waals surface area (Å²) in [7, 11) is -2.95. The van der Waals surface area contributed by atoms with Gasteiger partial charge in [-0.3, -0.25) is 0 Å². The number of hydrogen-bond donors (Lipinski definition) is 0. The van der Waals surface area contributed by atoms with E-state index in [1.54, 1.807) is 0 Å². The Balaban J connectivity index is 2.67.